The van der Waals surface area contributed by atoms with Crippen molar-refractivity contribution in [3.8, 4) is 5.75 Å². The molecule has 0 saturated carbocycles. The first kappa shape index (κ1) is 20.6. The number of nitrogens with one attached hydrogen (secondary N) is 1. The van der Waals surface area contributed by atoms with Crippen LogP contribution in [0.25, 0.3) is 0 Å². The molecule has 1 N–H and O–H groups in total. The molecule has 9 heteroatoms. The highest BCUT2D eigenvalue weighted by Crippen LogP contribution is 2.45. The van der Waals surface area contributed by atoms with E-state index in [4.69, 9.17) is 4.74 Å². The van der Waals surface area contributed by atoms with Crippen LogP contribution in [0.2, 0.25) is 0 Å². The topological polar surface area (TPSA) is 59.4 Å². The lowest BCUT2D eigenvalue weighted by atomic mass is 9.96. The maximum absolute atomic E-state index is 13.9. The van der Waals surface area contributed by atoms with Gasteiger partial charge in [-0.3, -0.25) is 4.79 Å². The van der Waals surface area contributed by atoms with Crippen molar-refractivity contribution in [3.63, 3.8) is 0 Å². The summed E-state index contributed by atoms with van der Waals surface area (Å²) >= 11 is 0. The molecule has 1 fully saturated rings. The van der Waals surface area contributed by atoms with Gasteiger partial charge in [0.25, 0.3) is 5.91 Å². The Morgan fingerprint density at radius 3 is 2.80 bits per heavy atom. The van der Waals surface area contributed by atoms with Crippen LogP contribution in [-0.2, 0) is 0 Å². The second-order valence-electron chi connectivity index (χ2n) is 7.96. The minimum Gasteiger partial charge on any atom is -0.497 e. The molecule has 2 aromatic rings. The normalized spacial score (nSPS) is 24.2. The maximum atomic E-state index is 13.9. The smallest absolute Gasteiger partial charge is 0.410 e. The van der Waals surface area contributed by atoms with Crippen LogP contribution in [0, 0.1) is 0 Å². The number of carbonyl (C=O) groups is 1. The zero-order chi connectivity index (χ0) is 21.5. The lowest BCUT2D eigenvalue weighted by Gasteiger charge is -2.36. The third-order valence-corrected chi connectivity index (χ3v) is 6.03. The number of hydrogen-bond donors (Lipinski definition) is 1. The molecule has 0 bridgehead atoms. The highest BCUT2D eigenvalue weighted by atomic mass is 19.4. The standard InChI is InChI=1S/C21H25F3N4O2/c1-13-6-3-4-9-27(13)20(29)16-12-25-28-18(21(22,23)24)11-17(26-19(16)28)14-7-5-8-15(10-14)30-2/h5,7-8,10,12-13,17-18,26H,3-4,6,9,11H2,1-2H3/t13?,17-,18+/m1/s1. The van der Waals surface area contributed by atoms with Gasteiger partial charge in [0, 0.05) is 19.0 Å². The van der Waals surface area contributed by atoms with E-state index < -0.39 is 18.3 Å². The van der Waals surface area contributed by atoms with Gasteiger partial charge in [-0.2, -0.15) is 18.3 Å². The van der Waals surface area contributed by atoms with Gasteiger partial charge in [0.15, 0.2) is 6.04 Å². The molecule has 30 heavy (non-hydrogen) atoms. The predicted octanol–water partition coefficient (Wildman–Crippen LogP) is 4.57. The summed E-state index contributed by atoms with van der Waals surface area (Å²) in [5.74, 6) is 0.415. The largest absolute Gasteiger partial charge is 0.497 e. The molecule has 0 spiro atoms. The summed E-state index contributed by atoms with van der Waals surface area (Å²) in [6, 6.07) is 4.57. The van der Waals surface area contributed by atoms with Crippen LogP contribution < -0.4 is 10.1 Å². The summed E-state index contributed by atoms with van der Waals surface area (Å²) < 4.78 is 47.8. The number of hydrogen-bond acceptors (Lipinski definition) is 4. The van der Waals surface area contributed by atoms with E-state index in [1.807, 2.05) is 6.92 Å². The summed E-state index contributed by atoms with van der Waals surface area (Å²) in [5.41, 5.74) is 0.853. The van der Waals surface area contributed by atoms with E-state index in [1.165, 1.54) is 13.3 Å². The van der Waals surface area contributed by atoms with Crippen LogP contribution >= 0.6 is 0 Å². The number of rotatable bonds is 3. The molecule has 2 aliphatic rings. The molecular weight excluding hydrogens is 397 g/mol. The zero-order valence-corrected chi connectivity index (χ0v) is 16.9. The Labute approximate surface area is 173 Å². The first-order valence-electron chi connectivity index (χ1n) is 10.1. The molecule has 4 rings (SSSR count). The number of ether oxygens (including phenoxy) is 1. The van der Waals surface area contributed by atoms with E-state index >= 15 is 0 Å². The molecule has 1 aromatic heterocycles. The molecule has 1 aromatic carbocycles. The average molecular weight is 422 g/mol. The summed E-state index contributed by atoms with van der Waals surface area (Å²) in [4.78, 5) is 14.9. The molecule has 6 nitrogen and oxygen atoms in total. The van der Waals surface area contributed by atoms with Gasteiger partial charge in [-0.1, -0.05) is 12.1 Å². The van der Waals surface area contributed by atoms with E-state index in [0.717, 1.165) is 23.9 Å². The minimum atomic E-state index is -4.49. The summed E-state index contributed by atoms with van der Waals surface area (Å²) in [7, 11) is 1.51. The van der Waals surface area contributed by atoms with Crippen molar-refractivity contribution in [2.24, 2.45) is 0 Å². The minimum absolute atomic E-state index is 0.0537. The highest BCUT2D eigenvalue weighted by molar-refractivity contribution is 5.99. The number of methoxy groups -OCH3 is 1. The SMILES string of the molecule is COc1cccc([C@H]2C[C@@H](C(F)(F)F)n3ncc(C(=O)N4CCCCC4C)c3N2)c1. The zero-order valence-electron chi connectivity index (χ0n) is 16.9. The Hall–Kier alpha value is -2.71. The van der Waals surface area contributed by atoms with Gasteiger partial charge in [0.05, 0.1) is 19.3 Å². The van der Waals surface area contributed by atoms with Crippen molar-refractivity contribution < 1.29 is 22.7 Å². The molecule has 1 saturated heterocycles. The van der Waals surface area contributed by atoms with Gasteiger partial charge in [-0.05, 0) is 43.9 Å². The number of anilines is 1. The molecule has 162 valence electrons. The van der Waals surface area contributed by atoms with Gasteiger partial charge in [-0.25, -0.2) is 4.68 Å². The molecule has 1 amide bonds. The van der Waals surface area contributed by atoms with Gasteiger partial charge >= 0.3 is 6.18 Å². The van der Waals surface area contributed by atoms with Crippen molar-refractivity contribution in [2.75, 3.05) is 19.0 Å². The van der Waals surface area contributed by atoms with Gasteiger partial charge in [0.1, 0.15) is 17.1 Å². The summed E-state index contributed by atoms with van der Waals surface area (Å²) in [6.07, 6.45) is -0.620. The van der Waals surface area contributed by atoms with Gasteiger partial charge in [-0.15, -0.1) is 0 Å². The Balaban J connectivity index is 1.72. The fourth-order valence-corrected chi connectivity index (χ4v) is 4.35. The van der Waals surface area contributed by atoms with Crippen molar-refractivity contribution in [3.05, 3.63) is 41.6 Å². The first-order valence-corrected chi connectivity index (χ1v) is 10.1. The Bertz CT molecular complexity index is 927. The molecule has 3 atom stereocenters. The number of alkyl halides is 3. The van der Waals surface area contributed by atoms with Crippen LogP contribution in [0.1, 0.15) is 60.6 Å². The van der Waals surface area contributed by atoms with E-state index in [-0.39, 0.29) is 29.8 Å². The second kappa shape index (κ2) is 7.85. The number of piperidine rings is 1. The van der Waals surface area contributed by atoms with E-state index in [1.54, 1.807) is 29.2 Å². The maximum Gasteiger partial charge on any atom is 0.410 e. The first-order chi connectivity index (χ1) is 14.3. The number of halogens is 3. The highest BCUT2D eigenvalue weighted by Gasteiger charge is 2.47. The number of amides is 1. The number of benzene rings is 1. The van der Waals surface area contributed by atoms with Crippen molar-refractivity contribution in [1.29, 1.82) is 0 Å². The van der Waals surface area contributed by atoms with Crippen LogP contribution in [0.4, 0.5) is 19.0 Å². The van der Waals surface area contributed by atoms with E-state index in [0.29, 0.717) is 17.9 Å². The third kappa shape index (κ3) is 3.73. The van der Waals surface area contributed by atoms with Gasteiger partial charge < -0.3 is 15.0 Å². The van der Waals surface area contributed by atoms with Gasteiger partial charge in [0.2, 0.25) is 0 Å². The predicted molar refractivity (Wildman–Crippen MR) is 106 cm³/mol. The molecule has 2 aliphatic heterocycles. The number of likely N-dealkylation sites (tertiary alicyclic amines) is 1. The summed E-state index contributed by atoms with van der Waals surface area (Å²) in [5, 5.41) is 7.12. The molecule has 0 aliphatic carbocycles. The quantitative estimate of drug-likeness (QED) is 0.788. The molecule has 1 unspecified atom stereocenters. The molecular formula is C21H25F3N4O2. The van der Waals surface area contributed by atoms with Crippen LogP contribution in [0.5, 0.6) is 5.75 Å². The fraction of sp³-hybridized carbons (Fsp3) is 0.524. The number of fused-ring (bicyclic) bond motifs is 1. The average Bonchev–Trinajstić information content (AvgIpc) is 3.16. The Morgan fingerprint density at radius 1 is 1.30 bits per heavy atom. The third-order valence-electron chi connectivity index (χ3n) is 6.03. The molecule has 0 radical (unpaired) electrons. The lowest BCUT2D eigenvalue weighted by molar-refractivity contribution is -0.173. The van der Waals surface area contributed by atoms with Crippen molar-refractivity contribution >= 4 is 11.7 Å². The molecule has 3 heterocycles. The van der Waals surface area contributed by atoms with E-state index in [2.05, 4.69) is 10.4 Å². The number of nitrogens with zero attached hydrogens (tertiary/aromatic N) is 3. The van der Waals surface area contributed by atoms with Crippen molar-refractivity contribution in [1.82, 2.24) is 14.7 Å². The van der Waals surface area contributed by atoms with Crippen LogP contribution in [0.15, 0.2) is 30.5 Å². The number of carbonyl (C=O) groups excluding carboxylic acids is 1. The number of aromatic nitrogens is 2. The Kier molecular flexibility index (Phi) is 5.38. The Morgan fingerprint density at radius 2 is 2.10 bits per heavy atom. The monoisotopic (exact) mass is 422 g/mol. The van der Waals surface area contributed by atoms with Crippen molar-refractivity contribution in [2.45, 2.75) is 56.9 Å². The second-order valence-corrected chi connectivity index (χ2v) is 7.96. The van der Waals surface area contributed by atoms with E-state index in [9.17, 15) is 18.0 Å². The lowest BCUT2D eigenvalue weighted by Crippen LogP contribution is -2.42. The fourth-order valence-electron chi connectivity index (χ4n) is 4.35. The van der Waals surface area contributed by atoms with Crippen LogP contribution in [-0.4, -0.2) is 46.5 Å². The summed E-state index contributed by atoms with van der Waals surface area (Å²) in [6.45, 7) is 2.57. The van der Waals surface area contributed by atoms with Crippen LogP contribution in [0.3, 0.4) is 0 Å².